The van der Waals surface area contributed by atoms with Crippen LogP contribution in [0.25, 0.3) is 0 Å². The Morgan fingerprint density at radius 1 is 0.448 bits per heavy atom. The van der Waals surface area contributed by atoms with Gasteiger partial charge in [0, 0.05) is 48.0 Å². The largest absolute Gasteiger partial charge is 0.368 e. The normalized spacial score (nSPS) is 50.8. The molecule has 4 nitrogen and oxygen atoms in total. The number of likely N-dealkylation sites (tertiary alicyclic amines) is 2. The SMILES string of the molecule is C1=CCCC(N2C3CCCCC3C3CC(C4CCCC(C5CCC6C(C5)C5CCCC5N6C5CCC(C6NC7C=CCCC7C(C7CCCC7)N6)CC5)C4)CCC32)=C1. The van der Waals surface area contributed by atoms with Crippen molar-refractivity contribution < 1.29 is 0 Å². The van der Waals surface area contributed by atoms with E-state index in [-0.39, 0.29) is 0 Å². The predicted octanol–water partition coefficient (Wildman–Crippen LogP) is 11.9. The van der Waals surface area contributed by atoms with E-state index < -0.39 is 0 Å². The molecular weight excluding hydrogens is 705 g/mol. The van der Waals surface area contributed by atoms with Crippen LogP contribution in [0.3, 0.4) is 0 Å². The lowest BCUT2D eigenvalue weighted by Gasteiger charge is -2.51. The first kappa shape index (κ1) is 38.6. The van der Waals surface area contributed by atoms with E-state index in [2.05, 4.69) is 50.8 Å². The average molecular weight is 789 g/mol. The van der Waals surface area contributed by atoms with Crippen molar-refractivity contribution in [2.45, 2.75) is 235 Å². The van der Waals surface area contributed by atoms with Crippen molar-refractivity contribution in [3.8, 4) is 0 Å². The molecule has 16 unspecified atom stereocenters. The summed E-state index contributed by atoms with van der Waals surface area (Å²) in [5.74, 6) is 10.8. The molecule has 12 rings (SSSR count). The number of nitrogens with one attached hydrogen (secondary N) is 2. The highest BCUT2D eigenvalue weighted by atomic mass is 15.3. The van der Waals surface area contributed by atoms with Gasteiger partial charge < -0.3 is 4.90 Å². The molecule has 0 aromatic heterocycles. The van der Waals surface area contributed by atoms with Crippen LogP contribution in [0.1, 0.15) is 186 Å². The van der Waals surface area contributed by atoms with Crippen molar-refractivity contribution in [1.29, 1.82) is 0 Å². The third-order valence-corrected chi connectivity index (χ3v) is 21.3. The van der Waals surface area contributed by atoms with Crippen molar-refractivity contribution >= 4 is 0 Å². The van der Waals surface area contributed by atoms with Gasteiger partial charge in [0.25, 0.3) is 0 Å². The molecule has 3 heterocycles. The predicted molar refractivity (Wildman–Crippen MR) is 239 cm³/mol. The van der Waals surface area contributed by atoms with Gasteiger partial charge in [-0.05, 0) is 206 Å². The summed E-state index contributed by atoms with van der Waals surface area (Å²) in [6, 6.07) is 5.86. The lowest BCUT2D eigenvalue weighted by molar-refractivity contribution is 0.0234. The van der Waals surface area contributed by atoms with E-state index in [1.54, 1.807) is 69.9 Å². The second-order valence-corrected chi connectivity index (χ2v) is 23.6. The molecule has 4 heteroatoms. The molecule has 0 aromatic carbocycles. The molecule has 320 valence electrons. The van der Waals surface area contributed by atoms with Crippen LogP contribution in [-0.2, 0) is 0 Å². The molecule has 7 saturated carbocycles. The third-order valence-electron chi connectivity index (χ3n) is 21.3. The molecule has 0 bridgehead atoms. The lowest BCUT2D eigenvalue weighted by atomic mass is 9.61. The summed E-state index contributed by atoms with van der Waals surface area (Å²) in [5, 5.41) is 8.58. The molecule has 10 fully saturated rings. The summed E-state index contributed by atoms with van der Waals surface area (Å²) in [6.07, 6.45) is 56.2. The van der Waals surface area contributed by atoms with Crippen molar-refractivity contribution in [2.24, 2.45) is 65.1 Å². The van der Waals surface area contributed by atoms with E-state index in [0.717, 1.165) is 101 Å². The second-order valence-electron chi connectivity index (χ2n) is 23.6. The quantitative estimate of drug-likeness (QED) is 0.263. The summed E-state index contributed by atoms with van der Waals surface area (Å²) >= 11 is 0. The molecule has 16 atom stereocenters. The minimum absolute atomic E-state index is 0.541. The molecule has 0 radical (unpaired) electrons. The van der Waals surface area contributed by atoms with Gasteiger partial charge in [-0.15, -0.1) is 0 Å². The van der Waals surface area contributed by atoms with Crippen LogP contribution in [0.5, 0.6) is 0 Å². The highest BCUT2D eigenvalue weighted by Gasteiger charge is 2.56. The third kappa shape index (κ3) is 6.91. The molecule has 58 heavy (non-hydrogen) atoms. The Morgan fingerprint density at radius 3 is 1.88 bits per heavy atom. The maximum atomic E-state index is 4.36. The van der Waals surface area contributed by atoms with Crippen LogP contribution in [-0.4, -0.2) is 58.3 Å². The summed E-state index contributed by atoms with van der Waals surface area (Å²) in [6.45, 7) is 0. The zero-order valence-electron chi connectivity index (χ0n) is 36.8. The van der Waals surface area contributed by atoms with Crippen LogP contribution in [0.15, 0.2) is 36.1 Å². The molecule has 0 spiro atoms. The Morgan fingerprint density at radius 2 is 1.07 bits per heavy atom. The maximum Gasteiger partial charge on any atom is 0.0607 e. The lowest BCUT2D eigenvalue weighted by Crippen LogP contribution is -2.67. The second kappa shape index (κ2) is 16.5. The maximum absolute atomic E-state index is 4.36. The van der Waals surface area contributed by atoms with Gasteiger partial charge in [0.05, 0.1) is 6.17 Å². The Balaban J connectivity index is 0.679. The molecular formula is C54H84N4. The summed E-state index contributed by atoms with van der Waals surface area (Å²) < 4.78 is 0. The molecule has 12 aliphatic rings. The van der Waals surface area contributed by atoms with E-state index in [1.165, 1.54) is 122 Å². The van der Waals surface area contributed by atoms with Gasteiger partial charge in [-0.25, -0.2) is 0 Å². The molecule has 3 aliphatic heterocycles. The number of nitrogens with zero attached hydrogens (tertiary/aromatic N) is 2. The van der Waals surface area contributed by atoms with Crippen molar-refractivity contribution in [2.75, 3.05) is 0 Å². The Hall–Kier alpha value is -1.10. The van der Waals surface area contributed by atoms with Crippen molar-refractivity contribution in [3.63, 3.8) is 0 Å². The molecule has 0 amide bonds. The fraction of sp³-hybridized carbons (Fsp3) is 0.889. The van der Waals surface area contributed by atoms with E-state index in [0.29, 0.717) is 12.2 Å². The van der Waals surface area contributed by atoms with Crippen LogP contribution < -0.4 is 10.6 Å². The van der Waals surface area contributed by atoms with E-state index in [1.807, 2.05) is 0 Å². The standard InChI is InChI=1S/C54H84N4/c1-2-16-41(17-3-1)57-49-22-9-7-18-43(49)46-33-39(26-30-51(46)57)37-14-10-15-38(32-37)40-27-31-52-47(34-40)44-20-11-23-50(44)58(52)42-28-24-36(25-29-42)54-55-48-21-8-6-19-45(48)53(56-54)35-12-4-5-13-35/h1-2,8,16,21,35-40,42-56H,3-7,9-15,17-20,22-34H2. The first-order chi connectivity index (χ1) is 28.7. The van der Waals surface area contributed by atoms with Crippen molar-refractivity contribution in [1.82, 2.24) is 20.4 Å². The number of rotatable bonds is 6. The van der Waals surface area contributed by atoms with Gasteiger partial charge in [0.1, 0.15) is 0 Å². The molecule has 3 saturated heterocycles. The van der Waals surface area contributed by atoms with Crippen LogP contribution in [0.4, 0.5) is 0 Å². The first-order valence-corrected chi connectivity index (χ1v) is 26.9. The Bertz CT molecular complexity index is 1520. The average Bonchev–Trinajstić information content (AvgIpc) is 4.11. The number of allylic oxidation sites excluding steroid dienone is 5. The summed E-state index contributed by atoms with van der Waals surface area (Å²) in [5.41, 5.74) is 1.72. The fourth-order valence-corrected chi connectivity index (χ4v) is 19.0. The van der Waals surface area contributed by atoms with Gasteiger partial charge in [-0.2, -0.15) is 0 Å². The minimum Gasteiger partial charge on any atom is -0.368 e. The van der Waals surface area contributed by atoms with Gasteiger partial charge in [-0.3, -0.25) is 15.5 Å². The molecule has 2 N–H and O–H groups in total. The summed E-state index contributed by atoms with van der Waals surface area (Å²) in [4.78, 5) is 6.37. The Labute approximate surface area is 355 Å². The molecule has 9 aliphatic carbocycles. The van der Waals surface area contributed by atoms with E-state index in [4.69, 9.17) is 0 Å². The van der Waals surface area contributed by atoms with E-state index >= 15 is 0 Å². The van der Waals surface area contributed by atoms with Crippen LogP contribution >= 0.6 is 0 Å². The molecule has 0 aromatic rings. The monoisotopic (exact) mass is 789 g/mol. The smallest absolute Gasteiger partial charge is 0.0607 e. The van der Waals surface area contributed by atoms with E-state index in [9.17, 15) is 0 Å². The van der Waals surface area contributed by atoms with Gasteiger partial charge >= 0.3 is 0 Å². The van der Waals surface area contributed by atoms with Gasteiger partial charge in [0.2, 0.25) is 0 Å². The number of fused-ring (bicyclic) bond motifs is 7. The van der Waals surface area contributed by atoms with Crippen LogP contribution in [0.2, 0.25) is 0 Å². The number of hydrogen-bond donors (Lipinski definition) is 2. The highest BCUT2D eigenvalue weighted by Crippen LogP contribution is 2.58. The van der Waals surface area contributed by atoms with Crippen molar-refractivity contribution in [3.05, 3.63) is 36.1 Å². The zero-order valence-corrected chi connectivity index (χ0v) is 36.8. The Kier molecular flexibility index (Phi) is 11.0. The summed E-state index contributed by atoms with van der Waals surface area (Å²) in [7, 11) is 0. The van der Waals surface area contributed by atoms with Gasteiger partial charge in [-0.1, -0.05) is 75.7 Å². The van der Waals surface area contributed by atoms with Gasteiger partial charge in [0.15, 0.2) is 0 Å². The fourth-order valence-electron chi connectivity index (χ4n) is 19.0. The zero-order chi connectivity index (χ0) is 38.2. The minimum atomic E-state index is 0.541. The van der Waals surface area contributed by atoms with Crippen LogP contribution in [0, 0.1) is 65.1 Å². The topological polar surface area (TPSA) is 30.5 Å². The number of hydrogen-bond acceptors (Lipinski definition) is 4. The highest BCUT2D eigenvalue weighted by molar-refractivity contribution is 5.22. The first-order valence-electron chi connectivity index (χ1n) is 26.9.